The van der Waals surface area contributed by atoms with Crippen molar-refractivity contribution in [1.29, 1.82) is 0 Å². The van der Waals surface area contributed by atoms with E-state index in [4.69, 9.17) is 9.84 Å². The van der Waals surface area contributed by atoms with Gasteiger partial charge in [0.15, 0.2) is 0 Å². The second-order valence-corrected chi connectivity index (χ2v) is 3.56. The van der Waals surface area contributed by atoms with Crippen LogP contribution in [0, 0.1) is 5.92 Å². The van der Waals surface area contributed by atoms with Crippen molar-refractivity contribution in [3.05, 3.63) is 0 Å². The van der Waals surface area contributed by atoms with Gasteiger partial charge in [-0.2, -0.15) is 0 Å². The number of hydrogen-bond donors (Lipinski definition) is 2. The number of hydrogen-bond acceptors (Lipinski definition) is 3. The Hall–Kier alpha value is -0.120. The van der Waals surface area contributed by atoms with Crippen molar-refractivity contribution in [2.24, 2.45) is 5.92 Å². The van der Waals surface area contributed by atoms with Crippen LogP contribution in [0.3, 0.4) is 0 Å². The lowest BCUT2D eigenvalue weighted by Gasteiger charge is -2.16. The maximum atomic E-state index is 9.33. The highest BCUT2D eigenvalue weighted by molar-refractivity contribution is 4.83. The van der Waals surface area contributed by atoms with Gasteiger partial charge >= 0.3 is 0 Å². The molecule has 1 saturated heterocycles. The molecule has 0 aromatic heterocycles. The average Bonchev–Trinajstić information content (AvgIpc) is 2.18. The minimum Gasteiger partial charge on any atom is -0.388 e. The monoisotopic (exact) mass is 160 g/mol. The van der Waals surface area contributed by atoms with Crippen LogP contribution < -0.4 is 0 Å². The molecule has 0 spiro atoms. The van der Waals surface area contributed by atoms with Crippen molar-refractivity contribution >= 4 is 0 Å². The Balaban J connectivity index is 2.36. The summed E-state index contributed by atoms with van der Waals surface area (Å²) in [6.07, 6.45) is -0.709. The zero-order chi connectivity index (χ0) is 8.43. The molecule has 3 nitrogen and oxygen atoms in total. The minimum atomic E-state index is -0.683. The summed E-state index contributed by atoms with van der Waals surface area (Å²) in [6.45, 7) is 4.42. The van der Waals surface area contributed by atoms with Crippen molar-refractivity contribution in [2.45, 2.75) is 38.6 Å². The van der Waals surface area contributed by atoms with Crippen LogP contribution in [0.15, 0.2) is 0 Å². The molecule has 0 amide bonds. The van der Waals surface area contributed by atoms with E-state index in [-0.39, 0.29) is 12.7 Å². The zero-order valence-corrected chi connectivity index (χ0v) is 7.03. The second-order valence-electron chi connectivity index (χ2n) is 3.56. The van der Waals surface area contributed by atoms with Gasteiger partial charge in [-0.25, -0.2) is 0 Å². The van der Waals surface area contributed by atoms with E-state index in [1.54, 1.807) is 0 Å². The van der Waals surface area contributed by atoms with E-state index in [0.717, 1.165) is 6.42 Å². The molecule has 2 N–H and O–H groups in total. The molecule has 0 aromatic carbocycles. The molecule has 3 atom stereocenters. The number of rotatable bonds is 2. The van der Waals surface area contributed by atoms with E-state index in [1.807, 2.05) is 0 Å². The first kappa shape index (κ1) is 8.97. The summed E-state index contributed by atoms with van der Waals surface area (Å²) >= 11 is 0. The fraction of sp³-hybridized carbons (Fsp3) is 1.00. The highest BCUT2D eigenvalue weighted by atomic mass is 16.5. The van der Waals surface area contributed by atoms with Gasteiger partial charge in [-0.3, -0.25) is 0 Å². The van der Waals surface area contributed by atoms with Crippen molar-refractivity contribution in [3.8, 4) is 0 Å². The predicted octanol–water partition coefficient (Wildman–Crippen LogP) is 0.153. The van der Waals surface area contributed by atoms with Gasteiger partial charge in [0, 0.05) is 0 Å². The molecule has 0 saturated carbocycles. The standard InChI is InChI=1S/C8H16O3/c1-5(2)3-7-8(10)6(9)4-11-7/h5-10H,3-4H2,1-2H3/t6-,7+,8-/m1/s1. The molecule has 1 aliphatic heterocycles. The molecule has 1 heterocycles. The summed E-state index contributed by atoms with van der Waals surface area (Å²) in [4.78, 5) is 0. The lowest BCUT2D eigenvalue weighted by atomic mass is 10.0. The Morgan fingerprint density at radius 1 is 1.45 bits per heavy atom. The fourth-order valence-electron chi connectivity index (χ4n) is 1.34. The van der Waals surface area contributed by atoms with Gasteiger partial charge in [-0.15, -0.1) is 0 Å². The van der Waals surface area contributed by atoms with Crippen LogP contribution in [0.2, 0.25) is 0 Å². The molecular formula is C8H16O3. The summed E-state index contributed by atoms with van der Waals surface area (Å²) in [5.74, 6) is 0.500. The van der Waals surface area contributed by atoms with Crippen molar-refractivity contribution in [1.82, 2.24) is 0 Å². The summed E-state index contributed by atoms with van der Waals surface area (Å²) in [5, 5.41) is 18.4. The van der Waals surface area contributed by atoms with E-state index in [0.29, 0.717) is 5.92 Å². The van der Waals surface area contributed by atoms with E-state index in [1.165, 1.54) is 0 Å². The number of ether oxygens (including phenoxy) is 1. The van der Waals surface area contributed by atoms with E-state index >= 15 is 0 Å². The summed E-state index contributed by atoms with van der Waals surface area (Å²) in [6, 6.07) is 0. The topological polar surface area (TPSA) is 49.7 Å². The van der Waals surface area contributed by atoms with Gasteiger partial charge in [0.25, 0.3) is 0 Å². The number of aliphatic hydroxyl groups excluding tert-OH is 2. The molecule has 0 aromatic rings. The van der Waals surface area contributed by atoms with Crippen LogP contribution in [0.4, 0.5) is 0 Å². The SMILES string of the molecule is CC(C)C[C@@H]1OC[C@@H](O)[C@H]1O. The third-order valence-corrected chi connectivity index (χ3v) is 1.96. The van der Waals surface area contributed by atoms with E-state index in [9.17, 15) is 5.11 Å². The van der Waals surface area contributed by atoms with Crippen LogP contribution in [-0.2, 0) is 4.74 Å². The van der Waals surface area contributed by atoms with E-state index < -0.39 is 12.2 Å². The van der Waals surface area contributed by atoms with Gasteiger partial charge in [0.05, 0.1) is 12.7 Å². The smallest absolute Gasteiger partial charge is 0.108 e. The molecule has 0 bridgehead atoms. The molecule has 0 unspecified atom stereocenters. The maximum Gasteiger partial charge on any atom is 0.108 e. The van der Waals surface area contributed by atoms with E-state index in [2.05, 4.69) is 13.8 Å². The quantitative estimate of drug-likeness (QED) is 0.604. The highest BCUT2D eigenvalue weighted by Gasteiger charge is 2.34. The molecule has 1 aliphatic rings. The Kier molecular flexibility index (Phi) is 2.87. The Bertz CT molecular complexity index is 125. The van der Waals surface area contributed by atoms with Crippen LogP contribution in [0.25, 0.3) is 0 Å². The molecule has 1 rings (SSSR count). The molecule has 66 valence electrons. The molecule has 0 radical (unpaired) electrons. The maximum absolute atomic E-state index is 9.33. The third kappa shape index (κ3) is 2.15. The Morgan fingerprint density at radius 3 is 2.45 bits per heavy atom. The minimum absolute atomic E-state index is 0.162. The average molecular weight is 160 g/mol. The first-order chi connectivity index (χ1) is 5.11. The normalized spacial score (nSPS) is 38.5. The van der Waals surface area contributed by atoms with Crippen molar-refractivity contribution in [3.63, 3.8) is 0 Å². The van der Waals surface area contributed by atoms with Gasteiger partial charge in [0.2, 0.25) is 0 Å². The van der Waals surface area contributed by atoms with Crippen LogP contribution in [0.5, 0.6) is 0 Å². The predicted molar refractivity (Wildman–Crippen MR) is 41.2 cm³/mol. The third-order valence-electron chi connectivity index (χ3n) is 1.96. The highest BCUT2D eigenvalue weighted by Crippen LogP contribution is 2.20. The molecule has 11 heavy (non-hydrogen) atoms. The molecule has 3 heteroatoms. The first-order valence-corrected chi connectivity index (χ1v) is 4.09. The van der Waals surface area contributed by atoms with Crippen LogP contribution >= 0.6 is 0 Å². The lowest BCUT2D eigenvalue weighted by Crippen LogP contribution is -2.30. The fourth-order valence-corrected chi connectivity index (χ4v) is 1.34. The van der Waals surface area contributed by atoms with Crippen molar-refractivity contribution in [2.75, 3.05) is 6.61 Å². The largest absolute Gasteiger partial charge is 0.388 e. The lowest BCUT2D eigenvalue weighted by molar-refractivity contribution is 0.0137. The molecule has 1 fully saturated rings. The van der Waals surface area contributed by atoms with Crippen LogP contribution in [0.1, 0.15) is 20.3 Å². The van der Waals surface area contributed by atoms with Gasteiger partial charge in [-0.1, -0.05) is 13.8 Å². The second kappa shape index (κ2) is 3.52. The van der Waals surface area contributed by atoms with Gasteiger partial charge in [-0.05, 0) is 12.3 Å². The molecule has 0 aliphatic carbocycles. The Morgan fingerprint density at radius 2 is 2.09 bits per heavy atom. The van der Waals surface area contributed by atoms with Gasteiger partial charge < -0.3 is 14.9 Å². The van der Waals surface area contributed by atoms with Crippen LogP contribution in [-0.4, -0.2) is 35.1 Å². The summed E-state index contributed by atoms with van der Waals surface area (Å²) < 4.78 is 5.19. The van der Waals surface area contributed by atoms with Gasteiger partial charge in [0.1, 0.15) is 12.2 Å². The van der Waals surface area contributed by atoms with Crippen molar-refractivity contribution < 1.29 is 14.9 Å². The summed E-state index contributed by atoms with van der Waals surface area (Å²) in [7, 11) is 0. The number of aliphatic hydroxyl groups is 2. The summed E-state index contributed by atoms with van der Waals surface area (Å²) in [5.41, 5.74) is 0. The first-order valence-electron chi connectivity index (χ1n) is 4.09. The zero-order valence-electron chi connectivity index (χ0n) is 7.03. The molecular weight excluding hydrogens is 144 g/mol. The Labute approximate surface area is 67.0 Å².